The Labute approximate surface area is 119 Å². The molecule has 1 aromatic carbocycles. The molecule has 3 N–H and O–H groups in total. The van der Waals surface area contributed by atoms with Gasteiger partial charge in [0, 0.05) is 18.1 Å². The molecule has 0 bridgehead atoms. The second kappa shape index (κ2) is 6.98. The van der Waals surface area contributed by atoms with Crippen LogP contribution in [0, 0.1) is 13.8 Å². The summed E-state index contributed by atoms with van der Waals surface area (Å²) in [5, 5.41) is 0. The molecule has 0 heterocycles. The topological polar surface area (TPSA) is 72.2 Å². The van der Waals surface area contributed by atoms with Crippen molar-refractivity contribution in [3.8, 4) is 0 Å². The predicted octanol–water partition coefficient (Wildman–Crippen LogP) is 2.08. The summed E-state index contributed by atoms with van der Waals surface area (Å²) in [5.74, 6) is 1.52. The number of anilines is 1. The number of rotatable bonds is 7. The Morgan fingerprint density at radius 1 is 1.37 bits per heavy atom. The van der Waals surface area contributed by atoms with E-state index in [0.717, 1.165) is 16.9 Å². The molecular formula is C13H20N2O2S2. The van der Waals surface area contributed by atoms with Gasteiger partial charge in [-0.15, -0.1) is 6.58 Å². The SMILES string of the molecule is C=CCSCCNS(=O)(=O)c1cc(C)c(C)cc1N. The third-order valence-corrected chi connectivity index (χ3v) is 5.17. The van der Waals surface area contributed by atoms with Gasteiger partial charge in [0.15, 0.2) is 0 Å². The van der Waals surface area contributed by atoms with Crippen LogP contribution in [0.2, 0.25) is 0 Å². The summed E-state index contributed by atoms with van der Waals surface area (Å²) in [6, 6.07) is 3.31. The van der Waals surface area contributed by atoms with Crippen LogP contribution in [0.25, 0.3) is 0 Å². The average Bonchev–Trinajstić information content (AvgIpc) is 2.33. The highest BCUT2D eigenvalue weighted by atomic mass is 32.2. The number of nitrogens with one attached hydrogen (secondary N) is 1. The van der Waals surface area contributed by atoms with Crippen LogP contribution in [0.1, 0.15) is 11.1 Å². The van der Waals surface area contributed by atoms with Gasteiger partial charge in [-0.3, -0.25) is 0 Å². The molecule has 0 aliphatic heterocycles. The van der Waals surface area contributed by atoms with Crippen LogP contribution in [0.15, 0.2) is 29.7 Å². The van der Waals surface area contributed by atoms with E-state index in [0.29, 0.717) is 12.3 Å². The summed E-state index contributed by atoms with van der Waals surface area (Å²) in [6.45, 7) is 7.76. The maximum atomic E-state index is 12.1. The molecule has 19 heavy (non-hydrogen) atoms. The number of nitrogen functional groups attached to an aromatic ring is 1. The van der Waals surface area contributed by atoms with E-state index < -0.39 is 10.0 Å². The first kappa shape index (κ1) is 16.1. The summed E-state index contributed by atoms with van der Waals surface area (Å²) in [6.07, 6.45) is 1.79. The minimum atomic E-state index is -3.53. The van der Waals surface area contributed by atoms with E-state index in [1.807, 2.05) is 13.8 Å². The standard InChI is InChI=1S/C13H20N2O2S2/c1-4-6-18-7-5-15-19(16,17)13-9-11(3)10(2)8-12(13)14/h4,8-9,15H,1,5-7,14H2,2-3H3. The van der Waals surface area contributed by atoms with Crippen LogP contribution in [0.5, 0.6) is 0 Å². The Bertz CT molecular complexity index is 554. The Morgan fingerprint density at radius 2 is 2.00 bits per heavy atom. The molecule has 1 rings (SSSR count). The molecule has 6 heteroatoms. The fourth-order valence-electron chi connectivity index (χ4n) is 1.54. The molecule has 106 valence electrons. The maximum Gasteiger partial charge on any atom is 0.242 e. The van der Waals surface area contributed by atoms with Gasteiger partial charge in [-0.25, -0.2) is 13.1 Å². The third kappa shape index (κ3) is 4.56. The molecule has 0 atom stereocenters. The van der Waals surface area contributed by atoms with Gasteiger partial charge in [0.1, 0.15) is 4.90 Å². The molecule has 0 fully saturated rings. The van der Waals surface area contributed by atoms with Gasteiger partial charge >= 0.3 is 0 Å². The average molecular weight is 300 g/mol. The van der Waals surface area contributed by atoms with Crippen LogP contribution < -0.4 is 10.5 Å². The lowest BCUT2D eigenvalue weighted by molar-refractivity contribution is 0.584. The van der Waals surface area contributed by atoms with Gasteiger partial charge in [0.05, 0.1) is 5.69 Å². The molecule has 0 amide bonds. The highest BCUT2D eigenvalue weighted by Crippen LogP contribution is 2.22. The van der Waals surface area contributed by atoms with E-state index in [4.69, 9.17) is 5.73 Å². The van der Waals surface area contributed by atoms with E-state index >= 15 is 0 Å². The molecule has 4 nitrogen and oxygen atoms in total. The molecule has 0 saturated carbocycles. The van der Waals surface area contributed by atoms with Gasteiger partial charge in [-0.2, -0.15) is 11.8 Å². The Kier molecular flexibility index (Phi) is 5.90. The van der Waals surface area contributed by atoms with Crippen molar-refractivity contribution in [2.75, 3.05) is 23.8 Å². The number of aryl methyl sites for hydroxylation is 2. The fraction of sp³-hybridized carbons (Fsp3) is 0.385. The molecular weight excluding hydrogens is 280 g/mol. The molecule has 0 unspecified atom stereocenters. The van der Waals surface area contributed by atoms with E-state index in [1.54, 1.807) is 30.0 Å². The monoisotopic (exact) mass is 300 g/mol. The first-order valence-corrected chi connectivity index (χ1v) is 8.57. The molecule has 0 spiro atoms. The van der Waals surface area contributed by atoms with Crippen molar-refractivity contribution in [1.82, 2.24) is 4.72 Å². The second-order valence-electron chi connectivity index (χ2n) is 4.24. The van der Waals surface area contributed by atoms with E-state index in [-0.39, 0.29) is 10.6 Å². The number of nitrogens with two attached hydrogens (primary N) is 1. The van der Waals surface area contributed by atoms with Crippen molar-refractivity contribution in [1.29, 1.82) is 0 Å². The largest absolute Gasteiger partial charge is 0.398 e. The zero-order valence-electron chi connectivity index (χ0n) is 11.3. The summed E-state index contributed by atoms with van der Waals surface area (Å²) < 4.78 is 26.8. The second-order valence-corrected chi connectivity index (χ2v) is 7.12. The molecule has 0 saturated heterocycles. The van der Waals surface area contributed by atoms with E-state index in [9.17, 15) is 8.42 Å². The molecule has 0 aliphatic rings. The van der Waals surface area contributed by atoms with Crippen molar-refractivity contribution in [2.24, 2.45) is 0 Å². The summed E-state index contributed by atoms with van der Waals surface area (Å²) in [5.41, 5.74) is 7.97. The Hall–Kier alpha value is -0.980. The number of benzene rings is 1. The van der Waals surface area contributed by atoms with Gasteiger partial charge in [0.2, 0.25) is 10.0 Å². The van der Waals surface area contributed by atoms with E-state index in [1.165, 1.54) is 0 Å². The van der Waals surface area contributed by atoms with Crippen LogP contribution in [0.3, 0.4) is 0 Å². The third-order valence-electron chi connectivity index (χ3n) is 2.69. The minimum Gasteiger partial charge on any atom is -0.398 e. The lowest BCUT2D eigenvalue weighted by Crippen LogP contribution is -2.27. The fourth-order valence-corrected chi connectivity index (χ4v) is 3.47. The number of hydrogen-bond acceptors (Lipinski definition) is 4. The summed E-state index contributed by atoms with van der Waals surface area (Å²) in [4.78, 5) is 0.157. The van der Waals surface area contributed by atoms with Gasteiger partial charge in [-0.1, -0.05) is 6.08 Å². The number of sulfonamides is 1. The van der Waals surface area contributed by atoms with Crippen molar-refractivity contribution in [2.45, 2.75) is 18.7 Å². The first-order valence-electron chi connectivity index (χ1n) is 5.93. The zero-order chi connectivity index (χ0) is 14.5. The predicted molar refractivity (Wildman–Crippen MR) is 83.0 cm³/mol. The zero-order valence-corrected chi connectivity index (χ0v) is 12.9. The Balaban J connectivity index is 2.77. The first-order chi connectivity index (χ1) is 8.88. The van der Waals surface area contributed by atoms with Crippen LogP contribution >= 0.6 is 11.8 Å². The highest BCUT2D eigenvalue weighted by Gasteiger charge is 2.17. The van der Waals surface area contributed by atoms with Gasteiger partial charge in [0.25, 0.3) is 0 Å². The number of thioether (sulfide) groups is 1. The lowest BCUT2D eigenvalue weighted by atomic mass is 10.1. The van der Waals surface area contributed by atoms with Crippen LogP contribution in [0.4, 0.5) is 5.69 Å². The summed E-state index contributed by atoms with van der Waals surface area (Å²) >= 11 is 1.62. The lowest BCUT2D eigenvalue weighted by Gasteiger charge is -2.11. The smallest absolute Gasteiger partial charge is 0.242 e. The van der Waals surface area contributed by atoms with Crippen molar-refractivity contribution in [3.05, 3.63) is 35.9 Å². The van der Waals surface area contributed by atoms with Gasteiger partial charge < -0.3 is 5.73 Å². The van der Waals surface area contributed by atoms with Crippen LogP contribution in [-0.2, 0) is 10.0 Å². The molecule has 1 aromatic rings. The normalized spacial score (nSPS) is 11.5. The highest BCUT2D eigenvalue weighted by molar-refractivity contribution is 7.99. The minimum absolute atomic E-state index is 0.157. The van der Waals surface area contributed by atoms with Crippen molar-refractivity contribution >= 4 is 27.5 Å². The van der Waals surface area contributed by atoms with E-state index in [2.05, 4.69) is 11.3 Å². The summed E-state index contributed by atoms with van der Waals surface area (Å²) in [7, 11) is -3.53. The molecule has 0 radical (unpaired) electrons. The van der Waals surface area contributed by atoms with Crippen molar-refractivity contribution < 1.29 is 8.42 Å². The maximum absolute atomic E-state index is 12.1. The van der Waals surface area contributed by atoms with Crippen LogP contribution in [-0.4, -0.2) is 26.5 Å². The number of hydrogen-bond donors (Lipinski definition) is 2. The van der Waals surface area contributed by atoms with Crippen molar-refractivity contribution in [3.63, 3.8) is 0 Å². The molecule has 0 aliphatic carbocycles. The Morgan fingerprint density at radius 3 is 2.63 bits per heavy atom. The molecule has 0 aromatic heterocycles. The van der Waals surface area contributed by atoms with Gasteiger partial charge in [-0.05, 0) is 37.1 Å². The quantitative estimate of drug-likeness (QED) is 0.459.